The first-order valence-electron chi connectivity index (χ1n) is 7.15. The molecule has 0 amide bonds. The molecule has 0 radical (unpaired) electrons. The van der Waals surface area contributed by atoms with Gasteiger partial charge in [-0.2, -0.15) is 5.10 Å². The lowest BCUT2D eigenvalue weighted by Gasteiger charge is -2.37. The van der Waals surface area contributed by atoms with Gasteiger partial charge in [-0.1, -0.05) is 30.3 Å². The van der Waals surface area contributed by atoms with Gasteiger partial charge in [0.2, 0.25) is 0 Å². The fourth-order valence-electron chi connectivity index (χ4n) is 1.92. The third kappa shape index (κ3) is 3.54. The fraction of sp³-hybridized carbons (Fsp3) is 0.438. The highest BCUT2D eigenvalue weighted by molar-refractivity contribution is 6.49. The van der Waals surface area contributed by atoms with Gasteiger partial charge in [0, 0.05) is 18.8 Å². The zero-order valence-electron chi connectivity index (χ0n) is 13.4. The highest BCUT2D eigenvalue weighted by Gasteiger charge is 2.36. The molecule has 0 aliphatic heterocycles. The average Bonchev–Trinajstić information content (AvgIpc) is 2.77. The lowest BCUT2D eigenvalue weighted by molar-refractivity contribution is -0.0893. The Kier molecular flexibility index (Phi) is 4.26. The van der Waals surface area contributed by atoms with Crippen molar-refractivity contribution in [2.45, 2.75) is 38.9 Å². The molecule has 1 heterocycles. The molecule has 112 valence electrons. The highest BCUT2D eigenvalue weighted by atomic mass is 16.5. The van der Waals surface area contributed by atoms with Crippen molar-refractivity contribution in [1.29, 1.82) is 0 Å². The van der Waals surface area contributed by atoms with Crippen molar-refractivity contribution < 1.29 is 9.76 Å². The van der Waals surface area contributed by atoms with E-state index in [0.29, 0.717) is 7.48 Å². The standard InChI is InChI=1S/C16H23BN2O2/c1-15(2,20)16(3,4)21-17-13-11-19(5)18-14(13)12-9-7-6-8-10-12/h6-11,17,20H,1-5H3. The van der Waals surface area contributed by atoms with Crippen LogP contribution in [0.2, 0.25) is 0 Å². The van der Waals surface area contributed by atoms with E-state index in [9.17, 15) is 5.11 Å². The summed E-state index contributed by atoms with van der Waals surface area (Å²) in [6.45, 7) is 7.31. The first-order valence-corrected chi connectivity index (χ1v) is 7.15. The number of benzene rings is 1. The molecular weight excluding hydrogens is 263 g/mol. The maximum absolute atomic E-state index is 10.2. The Morgan fingerprint density at radius 3 is 2.33 bits per heavy atom. The average molecular weight is 286 g/mol. The summed E-state index contributed by atoms with van der Waals surface area (Å²) in [5.41, 5.74) is 1.45. The van der Waals surface area contributed by atoms with Crippen molar-refractivity contribution in [2.24, 2.45) is 7.05 Å². The van der Waals surface area contributed by atoms with Crippen molar-refractivity contribution in [3.05, 3.63) is 36.5 Å². The molecule has 0 aliphatic rings. The normalized spacial score (nSPS) is 12.5. The maximum Gasteiger partial charge on any atom is 0.313 e. The molecule has 0 atom stereocenters. The van der Waals surface area contributed by atoms with Crippen molar-refractivity contribution in [3.8, 4) is 11.3 Å². The maximum atomic E-state index is 10.2. The summed E-state index contributed by atoms with van der Waals surface area (Å²) >= 11 is 0. The molecule has 0 unspecified atom stereocenters. The van der Waals surface area contributed by atoms with Crippen LogP contribution < -0.4 is 5.46 Å². The lowest BCUT2D eigenvalue weighted by Crippen LogP contribution is -2.49. The van der Waals surface area contributed by atoms with E-state index in [1.165, 1.54) is 0 Å². The molecule has 0 saturated heterocycles. The van der Waals surface area contributed by atoms with E-state index in [1.807, 2.05) is 57.4 Å². The summed E-state index contributed by atoms with van der Waals surface area (Å²) in [6, 6.07) is 10.0. The molecule has 0 spiro atoms. The molecule has 1 aromatic heterocycles. The lowest BCUT2D eigenvalue weighted by atomic mass is 9.82. The van der Waals surface area contributed by atoms with Crippen molar-refractivity contribution in [3.63, 3.8) is 0 Å². The van der Waals surface area contributed by atoms with Crippen LogP contribution in [0.1, 0.15) is 27.7 Å². The molecule has 5 heteroatoms. The van der Waals surface area contributed by atoms with Crippen molar-refractivity contribution >= 4 is 12.9 Å². The van der Waals surface area contributed by atoms with Gasteiger partial charge in [0.05, 0.1) is 16.9 Å². The minimum absolute atomic E-state index is 0.412. The van der Waals surface area contributed by atoms with E-state index >= 15 is 0 Å². The first kappa shape index (κ1) is 15.8. The Balaban J connectivity index is 2.23. The van der Waals surface area contributed by atoms with Gasteiger partial charge in [0.25, 0.3) is 0 Å². The molecule has 2 aromatic rings. The number of hydrogen-bond donors (Lipinski definition) is 1. The number of aliphatic hydroxyl groups is 1. The first-order chi connectivity index (χ1) is 9.71. The van der Waals surface area contributed by atoms with E-state index in [1.54, 1.807) is 18.5 Å². The van der Waals surface area contributed by atoms with Gasteiger partial charge in [-0.25, -0.2) is 0 Å². The fourth-order valence-corrected chi connectivity index (χ4v) is 1.92. The molecule has 0 bridgehead atoms. The molecule has 1 N–H and O–H groups in total. The Hall–Kier alpha value is -1.59. The van der Waals surface area contributed by atoms with Crippen LogP contribution in [-0.2, 0) is 11.7 Å². The number of rotatable bonds is 5. The SMILES string of the molecule is Cn1cc(BOC(C)(C)C(C)(C)O)c(-c2ccccc2)n1. The van der Waals surface area contributed by atoms with Crippen LogP contribution in [0.4, 0.5) is 0 Å². The third-order valence-electron chi connectivity index (χ3n) is 4.01. The van der Waals surface area contributed by atoms with E-state index in [0.717, 1.165) is 16.7 Å². The third-order valence-corrected chi connectivity index (χ3v) is 4.01. The van der Waals surface area contributed by atoms with Gasteiger partial charge in [-0.3, -0.25) is 4.68 Å². The van der Waals surface area contributed by atoms with Gasteiger partial charge >= 0.3 is 7.48 Å². The van der Waals surface area contributed by atoms with Crippen LogP contribution in [0.3, 0.4) is 0 Å². The van der Waals surface area contributed by atoms with E-state index in [2.05, 4.69) is 5.10 Å². The Bertz CT molecular complexity index is 600. The zero-order valence-corrected chi connectivity index (χ0v) is 13.4. The summed E-state index contributed by atoms with van der Waals surface area (Å²) in [7, 11) is 2.31. The van der Waals surface area contributed by atoms with E-state index in [-0.39, 0.29) is 0 Å². The molecule has 2 rings (SSSR count). The van der Waals surface area contributed by atoms with Crippen LogP contribution in [0.5, 0.6) is 0 Å². The Labute approximate surface area is 127 Å². The molecular formula is C16H23BN2O2. The molecule has 21 heavy (non-hydrogen) atoms. The number of nitrogens with zero attached hydrogens (tertiary/aromatic N) is 2. The molecule has 0 saturated carbocycles. The molecule has 0 fully saturated rings. The second kappa shape index (κ2) is 5.66. The second-order valence-electron chi connectivity index (χ2n) is 6.40. The number of aromatic nitrogens is 2. The minimum Gasteiger partial charge on any atom is -0.427 e. The van der Waals surface area contributed by atoms with Gasteiger partial charge in [-0.05, 0) is 33.2 Å². The van der Waals surface area contributed by atoms with Crippen molar-refractivity contribution in [1.82, 2.24) is 9.78 Å². The quantitative estimate of drug-likeness (QED) is 0.850. The summed E-state index contributed by atoms with van der Waals surface area (Å²) in [5.74, 6) is 0. The monoisotopic (exact) mass is 286 g/mol. The van der Waals surface area contributed by atoms with Crippen LogP contribution in [0.25, 0.3) is 11.3 Å². The van der Waals surface area contributed by atoms with E-state index < -0.39 is 11.2 Å². The van der Waals surface area contributed by atoms with Crippen LogP contribution in [0, 0.1) is 0 Å². The number of hydrogen-bond acceptors (Lipinski definition) is 3. The predicted octanol–water partition coefficient (Wildman–Crippen LogP) is 1.63. The summed E-state index contributed by atoms with van der Waals surface area (Å²) < 4.78 is 7.74. The minimum atomic E-state index is -0.915. The van der Waals surface area contributed by atoms with Crippen LogP contribution >= 0.6 is 0 Å². The molecule has 0 aliphatic carbocycles. The van der Waals surface area contributed by atoms with Gasteiger partial charge in [0.1, 0.15) is 0 Å². The van der Waals surface area contributed by atoms with Gasteiger partial charge in [0.15, 0.2) is 0 Å². The summed E-state index contributed by atoms with van der Waals surface area (Å²) in [5, 5.41) is 14.7. The number of aryl methyl sites for hydroxylation is 1. The highest BCUT2D eigenvalue weighted by Crippen LogP contribution is 2.24. The van der Waals surface area contributed by atoms with Crippen molar-refractivity contribution in [2.75, 3.05) is 0 Å². The van der Waals surface area contributed by atoms with E-state index in [4.69, 9.17) is 4.65 Å². The summed E-state index contributed by atoms with van der Waals surface area (Å²) in [6.07, 6.45) is 1.96. The zero-order chi connectivity index (χ0) is 15.7. The Morgan fingerprint density at radius 2 is 1.76 bits per heavy atom. The summed E-state index contributed by atoms with van der Waals surface area (Å²) in [4.78, 5) is 0. The van der Waals surface area contributed by atoms with Crippen LogP contribution in [0.15, 0.2) is 36.5 Å². The largest absolute Gasteiger partial charge is 0.427 e. The topological polar surface area (TPSA) is 47.3 Å². The predicted molar refractivity (Wildman–Crippen MR) is 86.9 cm³/mol. The Morgan fingerprint density at radius 1 is 1.14 bits per heavy atom. The van der Waals surface area contributed by atoms with Gasteiger partial charge < -0.3 is 9.76 Å². The molecule has 1 aromatic carbocycles. The molecule has 4 nitrogen and oxygen atoms in total. The van der Waals surface area contributed by atoms with Gasteiger partial charge in [-0.15, -0.1) is 0 Å². The smallest absolute Gasteiger partial charge is 0.313 e. The van der Waals surface area contributed by atoms with Crippen LogP contribution in [-0.4, -0.2) is 33.6 Å². The second-order valence-corrected chi connectivity index (χ2v) is 6.40.